The minimum Gasteiger partial charge on any atom is -0.478 e. The molecule has 2 saturated carbocycles. The van der Waals surface area contributed by atoms with Crippen molar-refractivity contribution >= 4 is 13.3 Å². The molecule has 0 saturated heterocycles. The van der Waals surface area contributed by atoms with Crippen LogP contribution < -0.4 is 5.73 Å². The summed E-state index contributed by atoms with van der Waals surface area (Å²) in [7, 11) is -3.69. The summed E-state index contributed by atoms with van der Waals surface area (Å²) in [5, 5.41) is 9.37. The lowest BCUT2D eigenvalue weighted by Crippen LogP contribution is -2.27. The molecule has 5 nitrogen and oxygen atoms in total. The lowest BCUT2D eigenvalue weighted by molar-refractivity contribution is -0.132. The Morgan fingerprint density at radius 1 is 1.08 bits per heavy atom. The molecular weight excluding hydrogens is 325 g/mol. The summed E-state index contributed by atoms with van der Waals surface area (Å²) in [6.45, 7) is 0. The maximum absolute atomic E-state index is 12.6. The highest BCUT2D eigenvalue weighted by Gasteiger charge is 2.33. The minimum atomic E-state index is -3.69. The first kappa shape index (κ1) is 19.7. The highest BCUT2D eigenvalue weighted by Crippen LogP contribution is 2.49. The molecule has 0 aromatic carbocycles. The normalized spacial score (nSPS) is 24.7. The number of carboxylic acid groups (broad SMARTS) is 1. The van der Waals surface area contributed by atoms with Crippen LogP contribution in [0.2, 0.25) is 0 Å². The maximum Gasteiger partial charge on any atom is 0.331 e. The highest BCUT2D eigenvalue weighted by molar-refractivity contribution is 7.59. The van der Waals surface area contributed by atoms with E-state index in [-0.39, 0.29) is 11.7 Å². The Bertz CT molecular complexity index is 493. The zero-order valence-corrected chi connectivity index (χ0v) is 15.4. The largest absolute Gasteiger partial charge is 0.478 e. The van der Waals surface area contributed by atoms with E-state index in [0.717, 1.165) is 38.5 Å². The fraction of sp³-hybridized carbons (Fsp3) is 0.833. The number of carbonyl (C=O) groups is 1. The highest BCUT2D eigenvalue weighted by atomic mass is 31.2. The summed E-state index contributed by atoms with van der Waals surface area (Å²) in [5.74, 6) is -0.972. The molecule has 24 heavy (non-hydrogen) atoms. The van der Waals surface area contributed by atoms with Crippen molar-refractivity contribution in [3.8, 4) is 0 Å². The van der Waals surface area contributed by atoms with Crippen LogP contribution in [0, 0.1) is 11.8 Å². The molecule has 0 bridgehead atoms. The maximum atomic E-state index is 12.6. The zero-order chi connectivity index (χ0) is 17.6. The van der Waals surface area contributed by atoms with Crippen LogP contribution in [0.3, 0.4) is 0 Å². The van der Waals surface area contributed by atoms with Gasteiger partial charge < -0.3 is 15.7 Å². The van der Waals surface area contributed by atoms with Gasteiger partial charge in [-0.15, -0.1) is 0 Å². The summed E-state index contributed by atoms with van der Waals surface area (Å²) in [6.07, 6.45) is 12.9. The van der Waals surface area contributed by atoms with E-state index in [1.807, 2.05) is 0 Å². The summed E-state index contributed by atoms with van der Waals surface area (Å²) >= 11 is 0. The predicted octanol–water partition coefficient (Wildman–Crippen LogP) is 4.10. The molecular formula is C18H32NO4P. The van der Waals surface area contributed by atoms with E-state index < -0.39 is 19.1 Å². The summed E-state index contributed by atoms with van der Waals surface area (Å²) in [5.41, 5.74) is 6.08. The summed E-state index contributed by atoms with van der Waals surface area (Å²) in [6, 6.07) is 0. The first-order valence-corrected chi connectivity index (χ1v) is 11.3. The number of carboxylic acids is 1. The van der Waals surface area contributed by atoms with Crippen LogP contribution in [-0.2, 0) is 9.36 Å². The van der Waals surface area contributed by atoms with Gasteiger partial charge in [-0.05, 0) is 24.7 Å². The Hall–Kier alpha value is -0.640. The van der Waals surface area contributed by atoms with E-state index in [1.54, 1.807) is 6.08 Å². The molecule has 0 aliphatic heterocycles. The van der Waals surface area contributed by atoms with E-state index in [4.69, 9.17) is 5.73 Å². The number of allylic oxidation sites excluding steroid dienone is 1. The molecule has 0 amide bonds. The molecule has 4 N–H and O–H groups in total. The molecule has 0 heterocycles. The molecule has 2 atom stereocenters. The molecule has 2 aliphatic rings. The molecule has 6 heteroatoms. The van der Waals surface area contributed by atoms with Gasteiger partial charge in [-0.1, -0.05) is 63.9 Å². The van der Waals surface area contributed by atoms with Crippen molar-refractivity contribution in [3.63, 3.8) is 0 Å². The predicted molar refractivity (Wildman–Crippen MR) is 96.2 cm³/mol. The molecule has 2 fully saturated rings. The first-order valence-electron chi connectivity index (χ1n) is 9.38. The molecule has 2 aliphatic carbocycles. The Morgan fingerprint density at radius 2 is 1.62 bits per heavy atom. The van der Waals surface area contributed by atoms with Gasteiger partial charge in [0.05, 0.1) is 11.9 Å². The van der Waals surface area contributed by atoms with Crippen LogP contribution in [0.5, 0.6) is 0 Å². The fourth-order valence-electron chi connectivity index (χ4n) is 4.06. The third kappa shape index (κ3) is 6.02. The van der Waals surface area contributed by atoms with Gasteiger partial charge in [0.15, 0.2) is 0 Å². The summed E-state index contributed by atoms with van der Waals surface area (Å²) < 4.78 is 12.6. The van der Waals surface area contributed by atoms with Gasteiger partial charge in [0.2, 0.25) is 7.37 Å². The third-order valence-electron chi connectivity index (χ3n) is 5.66. The number of rotatable bonds is 8. The lowest BCUT2D eigenvalue weighted by Gasteiger charge is -2.27. The van der Waals surface area contributed by atoms with Gasteiger partial charge in [0.1, 0.15) is 0 Å². The summed E-state index contributed by atoms with van der Waals surface area (Å²) in [4.78, 5) is 21.8. The van der Waals surface area contributed by atoms with Crippen molar-refractivity contribution in [1.29, 1.82) is 0 Å². The quantitative estimate of drug-likeness (QED) is 0.448. The smallest absolute Gasteiger partial charge is 0.331 e. The second kappa shape index (κ2) is 9.17. The van der Waals surface area contributed by atoms with Gasteiger partial charge in [0, 0.05) is 5.57 Å². The number of hydrogen-bond donors (Lipinski definition) is 3. The standard InChI is InChI=1S/C18H32NO4P/c19-17(12-15-8-2-1-3-9-15)24(22,23)13-16(18(20)21)11-10-14-6-4-5-7-14/h11,14-15,17H,1-10,12-13,19H2,(H,20,21)(H,22,23)/t17-/m1/s1. The van der Waals surface area contributed by atoms with Crippen LogP contribution in [-0.4, -0.2) is 27.9 Å². The fourth-order valence-corrected chi connectivity index (χ4v) is 5.68. The number of nitrogens with two attached hydrogens (primary N) is 1. The topological polar surface area (TPSA) is 101 Å². The minimum absolute atomic E-state index is 0.0619. The van der Waals surface area contributed by atoms with Gasteiger partial charge in [-0.25, -0.2) is 4.79 Å². The lowest BCUT2D eigenvalue weighted by atomic mass is 9.87. The van der Waals surface area contributed by atoms with Gasteiger partial charge in [-0.3, -0.25) is 4.57 Å². The first-order chi connectivity index (χ1) is 11.4. The van der Waals surface area contributed by atoms with E-state index >= 15 is 0 Å². The molecule has 1 unspecified atom stereocenters. The Morgan fingerprint density at radius 3 is 2.21 bits per heavy atom. The van der Waals surface area contributed by atoms with Gasteiger partial charge in [-0.2, -0.15) is 0 Å². The second-order valence-corrected chi connectivity index (χ2v) is 10.1. The monoisotopic (exact) mass is 357 g/mol. The SMILES string of the molecule is N[C@@H](CC1CCCCC1)P(=O)(O)CC(=CCC1CCCC1)C(=O)O. The van der Waals surface area contributed by atoms with Crippen molar-refractivity contribution in [2.75, 3.05) is 6.16 Å². The molecule has 0 radical (unpaired) electrons. The van der Waals surface area contributed by atoms with Crippen LogP contribution >= 0.6 is 7.37 Å². The molecule has 2 rings (SSSR count). The second-order valence-electron chi connectivity index (χ2n) is 7.64. The van der Waals surface area contributed by atoms with Gasteiger partial charge >= 0.3 is 5.97 Å². The molecule has 0 aromatic heterocycles. The van der Waals surface area contributed by atoms with Crippen LogP contribution in [0.4, 0.5) is 0 Å². The average molecular weight is 357 g/mol. The Labute approximate surface area is 145 Å². The van der Waals surface area contributed by atoms with E-state index in [0.29, 0.717) is 24.7 Å². The molecule has 138 valence electrons. The van der Waals surface area contributed by atoms with Crippen LogP contribution in [0.1, 0.15) is 70.6 Å². The molecule has 0 aromatic rings. The van der Waals surface area contributed by atoms with E-state index in [1.165, 1.54) is 19.3 Å². The van der Waals surface area contributed by atoms with Crippen molar-refractivity contribution in [2.24, 2.45) is 17.6 Å². The zero-order valence-electron chi connectivity index (χ0n) is 14.5. The molecule has 0 spiro atoms. The Balaban J connectivity index is 1.93. The van der Waals surface area contributed by atoms with Crippen molar-refractivity contribution in [3.05, 3.63) is 11.6 Å². The van der Waals surface area contributed by atoms with E-state index in [2.05, 4.69) is 0 Å². The van der Waals surface area contributed by atoms with Gasteiger partial charge in [0.25, 0.3) is 0 Å². The van der Waals surface area contributed by atoms with Crippen LogP contribution in [0.25, 0.3) is 0 Å². The average Bonchev–Trinajstić information content (AvgIpc) is 3.05. The van der Waals surface area contributed by atoms with Crippen LogP contribution in [0.15, 0.2) is 11.6 Å². The number of aliphatic carboxylic acids is 1. The Kier molecular flexibility index (Phi) is 7.52. The third-order valence-corrected chi connectivity index (χ3v) is 7.70. The van der Waals surface area contributed by atoms with E-state index in [9.17, 15) is 19.4 Å². The van der Waals surface area contributed by atoms with Crippen molar-refractivity contribution in [1.82, 2.24) is 0 Å². The van der Waals surface area contributed by atoms with Crippen molar-refractivity contribution < 1.29 is 19.4 Å². The van der Waals surface area contributed by atoms with Crippen molar-refractivity contribution in [2.45, 2.75) is 76.4 Å². The number of hydrogen-bond acceptors (Lipinski definition) is 3.